The quantitative estimate of drug-likeness (QED) is 0.160. The first kappa shape index (κ1) is 32.7. The number of para-hydroxylation sites is 2. The fourth-order valence-electron chi connectivity index (χ4n) is 8.21. The van der Waals surface area contributed by atoms with Crippen molar-refractivity contribution < 1.29 is 0 Å². The molecule has 0 saturated carbocycles. The Kier molecular flexibility index (Phi) is 7.78. The van der Waals surface area contributed by atoms with Gasteiger partial charge in [-0.2, -0.15) is 0 Å². The van der Waals surface area contributed by atoms with E-state index in [2.05, 4.69) is 174 Å². The molecule has 0 N–H and O–H groups in total. The number of rotatable bonds is 6. The molecule has 0 spiro atoms. The Morgan fingerprint density at radius 3 is 1.51 bits per heavy atom. The Balaban J connectivity index is 1.08. The van der Waals surface area contributed by atoms with E-state index in [0.29, 0.717) is 5.82 Å². The molecule has 4 heteroatoms. The van der Waals surface area contributed by atoms with Gasteiger partial charge in [0.15, 0.2) is 5.82 Å². The van der Waals surface area contributed by atoms with Crippen molar-refractivity contribution in [1.82, 2.24) is 19.5 Å². The Morgan fingerprint density at radius 1 is 0.298 bits per heavy atom. The van der Waals surface area contributed by atoms with E-state index in [1.165, 1.54) is 16.2 Å². The second-order valence-electron chi connectivity index (χ2n) is 14.4. The highest BCUT2D eigenvalue weighted by Gasteiger charge is 2.19. The maximum atomic E-state index is 5.24. The number of pyridine rings is 1. The molecule has 0 bridgehead atoms. The summed E-state index contributed by atoms with van der Waals surface area (Å²) < 4.78 is 2.40. The van der Waals surface area contributed by atoms with Gasteiger partial charge in [0.1, 0.15) is 0 Å². The summed E-state index contributed by atoms with van der Waals surface area (Å²) in [7, 11) is 0. The van der Waals surface area contributed by atoms with E-state index in [9.17, 15) is 0 Å². The molecule has 3 aromatic heterocycles. The number of fused-ring (bicyclic) bond motifs is 6. The number of hydrogen-bond donors (Lipinski definition) is 0. The van der Waals surface area contributed by atoms with Crippen LogP contribution in [-0.4, -0.2) is 19.5 Å². The molecule has 57 heavy (non-hydrogen) atoms. The second-order valence-corrected chi connectivity index (χ2v) is 14.4. The average molecular weight is 727 g/mol. The zero-order valence-electron chi connectivity index (χ0n) is 30.9. The highest BCUT2D eigenvalue weighted by atomic mass is 15.0. The summed E-state index contributed by atoms with van der Waals surface area (Å²) in [6, 6.07) is 72.6. The van der Waals surface area contributed by atoms with Crippen LogP contribution in [0.15, 0.2) is 206 Å². The lowest BCUT2D eigenvalue weighted by molar-refractivity contribution is 1.18. The highest BCUT2D eigenvalue weighted by molar-refractivity contribution is 6.20. The Morgan fingerprint density at radius 2 is 0.842 bits per heavy atom. The van der Waals surface area contributed by atoms with Crippen LogP contribution in [-0.2, 0) is 0 Å². The van der Waals surface area contributed by atoms with Crippen molar-refractivity contribution in [3.63, 3.8) is 0 Å². The molecule has 0 atom stereocenters. The summed E-state index contributed by atoms with van der Waals surface area (Å²) in [6.45, 7) is 0. The van der Waals surface area contributed by atoms with Crippen LogP contribution in [0.25, 0.3) is 105 Å². The SMILES string of the molecule is c1ccc(-c2cc(-c3ccccc3)nc(-c3ccc(-c4ccc5c6cc7c(cc6n(-c6ccccc6)c5c4)c(-c4ccccc4)nc4ccccc47)cc3)n2)cc1. The van der Waals surface area contributed by atoms with E-state index < -0.39 is 0 Å². The van der Waals surface area contributed by atoms with Gasteiger partial charge in [-0.3, -0.25) is 0 Å². The van der Waals surface area contributed by atoms with Gasteiger partial charge >= 0.3 is 0 Å². The predicted octanol–water partition coefficient (Wildman–Crippen LogP) is 13.6. The van der Waals surface area contributed by atoms with Gasteiger partial charge in [0, 0.05) is 49.5 Å². The third kappa shape index (κ3) is 5.74. The van der Waals surface area contributed by atoms with Gasteiger partial charge in [-0.1, -0.05) is 164 Å². The van der Waals surface area contributed by atoms with E-state index in [-0.39, 0.29) is 0 Å². The van der Waals surface area contributed by atoms with Crippen molar-refractivity contribution in [2.45, 2.75) is 0 Å². The van der Waals surface area contributed by atoms with Crippen LogP contribution in [0.2, 0.25) is 0 Å². The molecule has 0 amide bonds. The first-order valence-electron chi connectivity index (χ1n) is 19.3. The second kappa shape index (κ2) is 13.6. The van der Waals surface area contributed by atoms with Crippen LogP contribution in [0.5, 0.6) is 0 Å². The fraction of sp³-hybridized carbons (Fsp3) is 0. The van der Waals surface area contributed by atoms with Gasteiger partial charge in [-0.05, 0) is 59.0 Å². The smallest absolute Gasteiger partial charge is 0.160 e. The Labute approximate surface area is 330 Å². The average Bonchev–Trinajstić information content (AvgIpc) is 3.61. The number of nitrogens with zero attached hydrogens (tertiary/aromatic N) is 4. The third-order valence-corrected chi connectivity index (χ3v) is 11.0. The summed E-state index contributed by atoms with van der Waals surface area (Å²) in [4.78, 5) is 15.4. The maximum Gasteiger partial charge on any atom is 0.160 e. The molecule has 3 heterocycles. The third-order valence-electron chi connectivity index (χ3n) is 11.0. The molecule has 266 valence electrons. The number of benzene rings is 8. The Bertz CT molecular complexity index is 3190. The first-order chi connectivity index (χ1) is 28.2. The molecule has 11 aromatic rings. The maximum absolute atomic E-state index is 5.24. The van der Waals surface area contributed by atoms with Crippen molar-refractivity contribution in [3.05, 3.63) is 206 Å². The van der Waals surface area contributed by atoms with Crippen molar-refractivity contribution in [3.8, 4) is 62.0 Å². The van der Waals surface area contributed by atoms with Crippen LogP contribution in [0.4, 0.5) is 0 Å². The van der Waals surface area contributed by atoms with E-state index in [4.69, 9.17) is 15.0 Å². The zero-order valence-corrected chi connectivity index (χ0v) is 30.9. The summed E-state index contributed by atoms with van der Waals surface area (Å²) in [5.41, 5.74) is 13.7. The monoisotopic (exact) mass is 726 g/mol. The minimum Gasteiger partial charge on any atom is -0.309 e. The number of hydrogen-bond acceptors (Lipinski definition) is 3. The Hall–Kier alpha value is -7.69. The van der Waals surface area contributed by atoms with Crippen molar-refractivity contribution in [1.29, 1.82) is 0 Å². The van der Waals surface area contributed by atoms with Crippen LogP contribution < -0.4 is 0 Å². The van der Waals surface area contributed by atoms with Crippen molar-refractivity contribution in [2.75, 3.05) is 0 Å². The summed E-state index contributed by atoms with van der Waals surface area (Å²) in [5.74, 6) is 0.699. The van der Waals surface area contributed by atoms with Crippen LogP contribution in [0, 0.1) is 0 Å². The largest absolute Gasteiger partial charge is 0.309 e. The van der Waals surface area contributed by atoms with Gasteiger partial charge in [0.05, 0.1) is 33.6 Å². The van der Waals surface area contributed by atoms with E-state index >= 15 is 0 Å². The lowest BCUT2D eigenvalue weighted by Gasteiger charge is -2.12. The fourth-order valence-corrected chi connectivity index (χ4v) is 8.21. The van der Waals surface area contributed by atoms with Gasteiger partial charge in [-0.25, -0.2) is 15.0 Å². The molecule has 0 aliphatic rings. The van der Waals surface area contributed by atoms with Gasteiger partial charge in [0.2, 0.25) is 0 Å². The van der Waals surface area contributed by atoms with Gasteiger partial charge in [0.25, 0.3) is 0 Å². The van der Waals surface area contributed by atoms with Gasteiger partial charge in [-0.15, -0.1) is 0 Å². The standard InChI is InChI=1S/C53H34N4/c1-5-15-36(16-6-1)48-34-49(37-17-7-2-8-18-37)56-53(55-48)39-27-25-35(26-28-39)40-29-30-43-45-32-44-42-23-13-14-24-47(42)54-52(38-19-9-3-10-20-38)46(44)33-51(45)57(50(43)31-40)41-21-11-4-12-22-41/h1-34H. The molecular weight excluding hydrogens is 693 g/mol. The molecule has 0 aliphatic carbocycles. The zero-order chi connectivity index (χ0) is 37.7. The van der Waals surface area contributed by atoms with Crippen molar-refractivity contribution >= 4 is 43.5 Å². The summed E-state index contributed by atoms with van der Waals surface area (Å²) >= 11 is 0. The van der Waals surface area contributed by atoms with Crippen LogP contribution >= 0.6 is 0 Å². The molecule has 11 rings (SSSR count). The molecule has 0 aliphatic heterocycles. The topological polar surface area (TPSA) is 43.6 Å². The van der Waals surface area contributed by atoms with E-state index in [1.807, 2.05) is 36.4 Å². The summed E-state index contributed by atoms with van der Waals surface area (Å²) in [5, 5.41) is 5.91. The molecule has 0 saturated heterocycles. The highest BCUT2D eigenvalue weighted by Crippen LogP contribution is 2.41. The molecule has 8 aromatic carbocycles. The lowest BCUT2D eigenvalue weighted by atomic mass is 9.97. The van der Waals surface area contributed by atoms with E-state index in [1.54, 1.807) is 0 Å². The molecule has 0 radical (unpaired) electrons. The molecule has 0 fully saturated rings. The first-order valence-corrected chi connectivity index (χ1v) is 19.3. The molecule has 4 nitrogen and oxygen atoms in total. The van der Waals surface area contributed by atoms with E-state index in [0.717, 1.165) is 83.5 Å². The predicted molar refractivity (Wildman–Crippen MR) is 236 cm³/mol. The molecular formula is C53H34N4. The lowest BCUT2D eigenvalue weighted by Crippen LogP contribution is -1.96. The minimum absolute atomic E-state index is 0.699. The summed E-state index contributed by atoms with van der Waals surface area (Å²) in [6.07, 6.45) is 0. The van der Waals surface area contributed by atoms with Crippen LogP contribution in [0.1, 0.15) is 0 Å². The van der Waals surface area contributed by atoms with Gasteiger partial charge < -0.3 is 4.57 Å². The van der Waals surface area contributed by atoms with Crippen molar-refractivity contribution in [2.24, 2.45) is 0 Å². The normalized spacial score (nSPS) is 11.5. The number of aromatic nitrogens is 4. The van der Waals surface area contributed by atoms with Crippen LogP contribution in [0.3, 0.4) is 0 Å². The molecule has 0 unspecified atom stereocenters. The minimum atomic E-state index is 0.699.